The van der Waals surface area contributed by atoms with Gasteiger partial charge in [-0.3, -0.25) is 4.90 Å². The monoisotopic (exact) mass is 290 g/mol. The zero-order valence-corrected chi connectivity index (χ0v) is 12.2. The van der Waals surface area contributed by atoms with Crippen LogP contribution >= 0.6 is 11.3 Å². The van der Waals surface area contributed by atoms with Gasteiger partial charge in [0.1, 0.15) is 6.26 Å². The number of nitrogens with zero attached hydrogens (tertiary/aromatic N) is 2. The standard InChI is InChI=1S/C15H18N2O2S/c1-2-14(18-7-1)15-4-3-12(20-15)9-17-6-5-13-11(8-17)10-19-16-13/h3-4,10,14H,1-2,5-9H2/t14-/m0/s1. The van der Waals surface area contributed by atoms with Gasteiger partial charge in [0.15, 0.2) is 0 Å². The van der Waals surface area contributed by atoms with Crippen LogP contribution in [0.5, 0.6) is 0 Å². The molecule has 0 radical (unpaired) electrons. The molecule has 2 aliphatic heterocycles. The van der Waals surface area contributed by atoms with Crippen LogP contribution < -0.4 is 0 Å². The topological polar surface area (TPSA) is 38.5 Å². The molecule has 0 aromatic carbocycles. The highest BCUT2D eigenvalue weighted by molar-refractivity contribution is 7.12. The average Bonchev–Trinajstić information content (AvgIpc) is 3.19. The Bertz CT molecular complexity index is 586. The Hall–Kier alpha value is -1.17. The number of ether oxygens (including phenoxy) is 1. The van der Waals surface area contributed by atoms with Crippen LogP contribution in [-0.2, 0) is 24.2 Å². The van der Waals surface area contributed by atoms with Gasteiger partial charge in [-0.15, -0.1) is 11.3 Å². The van der Waals surface area contributed by atoms with Crippen LogP contribution in [-0.4, -0.2) is 23.2 Å². The van der Waals surface area contributed by atoms with E-state index in [-0.39, 0.29) is 0 Å². The average molecular weight is 290 g/mol. The van der Waals surface area contributed by atoms with Crippen LogP contribution in [0, 0.1) is 0 Å². The summed E-state index contributed by atoms with van der Waals surface area (Å²) in [5, 5.41) is 4.04. The van der Waals surface area contributed by atoms with Crippen LogP contribution in [0.4, 0.5) is 0 Å². The van der Waals surface area contributed by atoms with E-state index < -0.39 is 0 Å². The van der Waals surface area contributed by atoms with E-state index in [0.717, 1.165) is 38.4 Å². The van der Waals surface area contributed by atoms with Gasteiger partial charge in [-0.25, -0.2) is 0 Å². The highest BCUT2D eigenvalue weighted by Crippen LogP contribution is 2.34. The zero-order chi connectivity index (χ0) is 13.4. The molecule has 0 amide bonds. The lowest BCUT2D eigenvalue weighted by molar-refractivity contribution is 0.114. The van der Waals surface area contributed by atoms with E-state index in [1.807, 2.05) is 11.3 Å². The van der Waals surface area contributed by atoms with E-state index in [1.54, 1.807) is 6.26 Å². The van der Waals surface area contributed by atoms with Crippen molar-refractivity contribution >= 4 is 11.3 Å². The zero-order valence-electron chi connectivity index (χ0n) is 11.4. The molecule has 0 saturated carbocycles. The Balaban J connectivity index is 1.42. The van der Waals surface area contributed by atoms with Gasteiger partial charge in [0.25, 0.3) is 0 Å². The minimum absolute atomic E-state index is 0.347. The lowest BCUT2D eigenvalue weighted by Gasteiger charge is -2.24. The first-order chi connectivity index (χ1) is 9.88. The molecule has 4 rings (SSSR count). The van der Waals surface area contributed by atoms with Gasteiger partial charge in [-0.1, -0.05) is 5.16 Å². The summed E-state index contributed by atoms with van der Waals surface area (Å²) in [6.45, 7) is 3.95. The fourth-order valence-corrected chi connectivity index (χ4v) is 4.15. The largest absolute Gasteiger partial charge is 0.373 e. The van der Waals surface area contributed by atoms with Crippen LogP contribution in [0.25, 0.3) is 0 Å². The number of hydrogen-bond acceptors (Lipinski definition) is 5. The number of hydrogen-bond donors (Lipinski definition) is 0. The fraction of sp³-hybridized carbons (Fsp3) is 0.533. The van der Waals surface area contributed by atoms with E-state index in [1.165, 1.54) is 28.2 Å². The second kappa shape index (κ2) is 5.31. The number of rotatable bonds is 3. The Morgan fingerprint density at radius 1 is 1.40 bits per heavy atom. The Morgan fingerprint density at radius 3 is 3.30 bits per heavy atom. The van der Waals surface area contributed by atoms with Crippen molar-refractivity contribution in [3.05, 3.63) is 39.4 Å². The molecule has 0 bridgehead atoms. The summed E-state index contributed by atoms with van der Waals surface area (Å²) in [6.07, 6.45) is 5.50. The minimum atomic E-state index is 0.347. The van der Waals surface area contributed by atoms with Gasteiger partial charge in [0, 0.05) is 48.0 Å². The van der Waals surface area contributed by atoms with Gasteiger partial charge in [-0.05, 0) is 25.0 Å². The predicted molar refractivity (Wildman–Crippen MR) is 76.6 cm³/mol. The molecule has 2 aromatic rings. The first-order valence-corrected chi connectivity index (χ1v) is 8.05. The second-order valence-electron chi connectivity index (χ2n) is 5.55. The molecule has 1 saturated heterocycles. The SMILES string of the molecule is c1cc([C@@H]2CCCO2)sc1CN1CCc2nocc2C1. The third kappa shape index (κ3) is 2.41. The summed E-state index contributed by atoms with van der Waals surface area (Å²) in [4.78, 5) is 5.28. The van der Waals surface area contributed by atoms with Gasteiger partial charge in [-0.2, -0.15) is 0 Å². The van der Waals surface area contributed by atoms with Gasteiger partial charge in [0.05, 0.1) is 11.8 Å². The van der Waals surface area contributed by atoms with Crippen LogP contribution in [0.15, 0.2) is 22.9 Å². The maximum absolute atomic E-state index is 5.75. The summed E-state index contributed by atoms with van der Waals surface area (Å²) >= 11 is 1.90. The lowest BCUT2D eigenvalue weighted by atomic mass is 10.1. The normalized spacial score (nSPS) is 23.1. The molecule has 2 aromatic heterocycles. The van der Waals surface area contributed by atoms with Crippen molar-refractivity contribution in [2.45, 2.75) is 38.5 Å². The van der Waals surface area contributed by atoms with Crippen LogP contribution in [0.3, 0.4) is 0 Å². The molecule has 20 heavy (non-hydrogen) atoms. The molecule has 0 aliphatic carbocycles. The molecule has 5 heteroatoms. The smallest absolute Gasteiger partial charge is 0.128 e. The van der Waals surface area contributed by atoms with Crippen LogP contribution in [0.2, 0.25) is 0 Å². The summed E-state index contributed by atoms with van der Waals surface area (Å²) in [6, 6.07) is 4.50. The minimum Gasteiger partial charge on any atom is -0.373 e. The molecule has 0 N–H and O–H groups in total. The lowest BCUT2D eigenvalue weighted by Crippen LogP contribution is -2.29. The molecule has 1 atom stereocenters. The maximum atomic E-state index is 5.75. The summed E-state index contributed by atoms with van der Waals surface area (Å²) in [5.74, 6) is 0. The Kier molecular flexibility index (Phi) is 3.34. The number of fused-ring (bicyclic) bond motifs is 1. The van der Waals surface area contributed by atoms with Crippen molar-refractivity contribution < 1.29 is 9.26 Å². The molecule has 4 heterocycles. The first kappa shape index (κ1) is 12.6. The van der Waals surface area contributed by atoms with Crippen molar-refractivity contribution in [2.75, 3.05) is 13.2 Å². The van der Waals surface area contributed by atoms with E-state index in [2.05, 4.69) is 22.2 Å². The van der Waals surface area contributed by atoms with E-state index in [9.17, 15) is 0 Å². The van der Waals surface area contributed by atoms with Crippen molar-refractivity contribution in [1.82, 2.24) is 10.1 Å². The van der Waals surface area contributed by atoms with E-state index >= 15 is 0 Å². The van der Waals surface area contributed by atoms with Crippen LogP contribution in [0.1, 0.15) is 40.0 Å². The number of thiophene rings is 1. The van der Waals surface area contributed by atoms with E-state index in [0.29, 0.717) is 6.10 Å². The Morgan fingerprint density at radius 2 is 2.40 bits per heavy atom. The second-order valence-corrected chi connectivity index (χ2v) is 6.75. The Labute approximate surface area is 122 Å². The van der Waals surface area contributed by atoms with Crippen molar-refractivity contribution in [3.8, 4) is 0 Å². The molecule has 1 fully saturated rings. The molecule has 0 unspecified atom stereocenters. The molecule has 106 valence electrons. The van der Waals surface area contributed by atoms with Crippen molar-refractivity contribution in [2.24, 2.45) is 0 Å². The van der Waals surface area contributed by atoms with E-state index in [4.69, 9.17) is 9.26 Å². The fourth-order valence-electron chi connectivity index (χ4n) is 3.01. The van der Waals surface area contributed by atoms with Crippen molar-refractivity contribution in [3.63, 3.8) is 0 Å². The highest BCUT2D eigenvalue weighted by Gasteiger charge is 2.22. The van der Waals surface area contributed by atoms with Crippen molar-refractivity contribution in [1.29, 1.82) is 0 Å². The summed E-state index contributed by atoms with van der Waals surface area (Å²) in [5.41, 5.74) is 2.37. The molecule has 4 nitrogen and oxygen atoms in total. The van der Waals surface area contributed by atoms with Gasteiger partial charge in [0.2, 0.25) is 0 Å². The predicted octanol–water partition coefficient (Wildman–Crippen LogP) is 3.15. The first-order valence-electron chi connectivity index (χ1n) is 7.23. The number of aromatic nitrogens is 1. The van der Waals surface area contributed by atoms with Gasteiger partial charge >= 0.3 is 0 Å². The summed E-state index contributed by atoms with van der Waals surface area (Å²) in [7, 11) is 0. The highest BCUT2D eigenvalue weighted by atomic mass is 32.1. The maximum Gasteiger partial charge on any atom is 0.128 e. The molecule has 0 spiro atoms. The molecular formula is C15H18N2O2S. The summed E-state index contributed by atoms with van der Waals surface area (Å²) < 4.78 is 10.8. The molecule has 2 aliphatic rings. The third-order valence-corrected chi connectivity index (χ3v) is 5.26. The van der Waals surface area contributed by atoms with Gasteiger partial charge < -0.3 is 9.26 Å². The third-order valence-electron chi connectivity index (χ3n) is 4.10. The quantitative estimate of drug-likeness (QED) is 0.870. The molecular weight excluding hydrogens is 272 g/mol.